The summed E-state index contributed by atoms with van der Waals surface area (Å²) in [5.74, 6) is -1.42. The average Bonchev–Trinajstić information content (AvgIpc) is 2.70. The second-order valence-electron chi connectivity index (χ2n) is 6.54. The maximum absolute atomic E-state index is 13.1. The van der Waals surface area contributed by atoms with Gasteiger partial charge in [-0.2, -0.15) is 0 Å². The molecule has 29 heavy (non-hydrogen) atoms. The molecule has 0 radical (unpaired) electrons. The van der Waals surface area contributed by atoms with E-state index >= 15 is 0 Å². The number of hydrogen-bond acceptors (Lipinski definition) is 7. The predicted molar refractivity (Wildman–Crippen MR) is 107 cm³/mol. The van der Waals surface area contributed by atoms with Crippen LogP contribution in [-0.4, -0.2) is 11.1 Å². The molecule has 0 saturated carbocycles. The molecular weight excluding hydrogens is 376 g/mol. The Labute approximate surface area is 161 Å². The summed E-state index contributed by atoms with van der Waals surface area (Å²) in [6.45, 7) is 1.16. The highest BCUT2D eigenvalue weighted by Gasteiger charge is 2.26. The molecule has 0 fully saturated rings. The van der Waals surface area contributed by atoms with Crippen LogP contribution in [0.3, 0.4) is 0 Å². The van der Waals surface area contributed by atoms with Gasteiger partial charge in [0.25, 0.3) is 0 Å². The molecule has 5 rings (SSSR count). The Morgan fingerprint density at radius 1 is 0.862 bits per heavy atom. The lowest BCUT2D eigenvalue weighted by Gasteiger charge is -2.13. The van der Waals surface area contributed by atoms with E-state index in [1.54, 1.807) is 48.5 Å². The molecular formula is C22H12O7. The van der Waals surface area contributed by atoms with Gasteiger partial charge in [-0.05, 0) is 18.2 Å². The van der Waals surface area contributed by atoms with Gasteiger partial charge >= 0.3 is 11.6 Å². The molecule has 142 valence electrons. The predicted octanol–water partition coefficient (Wildman–Crippen LogP) is 3.84. The second-order valence-corrected chi connectivity index (χ2v) is 6.54. The number of benzene rings is 3. The first-order chi connectivity index (χ1) is 14.0. The van der Waals surface area contributed by atoms with Gasteiger partial charge in [-0.25, -0.2) is 4.79 Å². The van der Waals surface area contributed by atoms with E-state index in [0.717, 1.165) is 6.92 Å². The number of phenols is 1. The van der Waals surface area contributed by atoms with Gasteiger partial charge in [0.05, 0.1) is 5.39 Å². The first-order valence-corrected chi connectivity index (χ1v) is 8.72. The summed E-state index contributed by atoms with van der Waals surface area (Å²) in [6.07, 6.45) is 0. The van der Waals surface area contributed by atoms with Gasteiger partial charge in [-0.15, -0.1) is 0 Å². The van der Waals surface area contributed by atoms with Gasteiger partial charge in [-0.1, -0.05) is 30.3 Å². The van der Waals surface area contributed by atoms with E-state index in [1.807, 2.05) is 0 Å². The van der Waals surface area contributed by atoms with Crippen molar-refractivity contribution < 1.29 is 23.5 Å². The van der Waals surface area contributed by atoms with Crippen LogP contribution in [0.15, 0.2) is 67.0 Å². The molecule has 0 unspecified atom stereocenters. The Hall–Kier alpha value is -4.13. The third kappa shape index (κ3) is 2.34. The summed E-state index contributed by atoms with van der Waals surface area (Å²) in [7, 11) is 0. The molecule has 2 heterocycles. The van der Waals surface area contributed by atoms with E-state index in [4.69, 9.17) is 13.6 Å². The van der Waals surface area contributed by atoms with E-state index in [1.165, 1.54) is 0 Å². The van der Waals surface area contributed by atoms with E-state index in [2.05, 4.69) is 0 Å². The van der Waals surface area contributed by atoms with E-state index < -0.39 is 22.8 Å². The van der Waals surface area contributed by atoms with E-state index in [-0.39, 0.29) is 44.0 Å². The van der Waals surface area contributed by atoms with Gasteiger partial charge in [0.1, 0.15) is 27.7 Å². The Morgan fingerprint density at radius 2 is 1.48 bits per heavy atom. The molecule has 3 aromatic carbocycles. The number of phenolic OH excluding ortho intramolecular Hbond substituents is 1. The normalized spacial score (nSPS) is 11.5. The topological polar surface area (TPSA) is 107 Å². The number of carbonyl (C=O) groups excluding carboxylic acids is 1. The lowest BCUT2D eigenvalue weighted by molar-refractivity contribution is -0.131. The fourth-order valence-electron chi connectivity index (χ4n) is 3.60. The van der Waals surface area contributed by atoms with E-state index in [0.29, 0.717) is 5.39 Å². The van der Waals surface area contributed by atoms with Crippen LogP contribution in [0, 0.1) is 0 Å². The molecule has 0 saturated heterocycles. The van der Waals surface area contributed by atoms with Gasteiger partial charge in [0.15, 0.2) is 11.3 Å². The van der Waals surface area contributed by atoms with Gasteiger partial charge in [0, 0.05) is 17.7 Å². The number of aromatic hydroxyl groups is 1. The Kier molecular flexibility index (Phi) is 3.48. The number of rotatable bonds is 1. The van der Waals surface area contributed by atoms with Crippen molar-refractivity contribution in [3.8, 4) is 11.5 Å². The number of esters is 1. The molecule has 0 aliphatic carbocycles. The molecule has 7 nitrogen and oxygen atoms in total. The third-order valence-corrected chi connectivity index (χ3v) is 4.76. The van der Waals surface area contributed by atoms with E-state index in [9.17, 15) is 19.5 Å². The summed E-state index contributed by atoms with van der Waals surface area (Å²) in [5, 5.41) is 11.4. The first kappa shape index (κ1) is 17.0. The minimum atomic E-state index is -0.831. The number of hydrogen-bond donors (Lipinski definition) is 1. The molecule has 2 aromatic heterocycles. The fourth-order valence-corrected chi connectivity index (χ4v) is 3.60. The summed E-state index contributed by atoms with van der Waals surface area (Å²) in [5.41, 5.74) is -1.09. The summed E-state index contributed by atoms with van der Waals surface area (Å²) < 4.78 is 16.4. The van der Waals surface area contributed by atoms with Crippen LogP contribution in [0.2, 0.25) is 0 Å². The Balaban J connectivity index is 2.18. The summed E-state index contributed by atoms with van der Waals surface area (Å²) in [4.78, 5) is 37.7. The number of carbonyl (C=O) groups is 1. The lowest BCUT2D eigenvalue weighted by atomic mass is 10.0. The summed E-state index contributed by atoms with van der Waals surface area (Å²) in [6, 6.07) is 13.0. The molecule has 0 aliphatic rings. The second kappa shape index (κ2) is 5.93. The average molecular weight is 388 g/mol. The van der Waals surface area contributed by atoms with Crippen molar-refractivity contribution in [3.05, 3.63) is 69.2 Å². The van der Waals surface area contributed by atoms with Crippen molar-refractivity contribution in [1.29, 1.82) is 0 Å². The van der Waals surface area contributed by atoms with Crippen LogP contribution in [0.5, 0.6) is 11.5 Å². The number of fused-ring (bicyclic) bond motifs is 5. The van der Waals surface area contributed by atoms with Gasteiger partial charge in [0.2, 0.25) is 5.43 Å². The molecule has 0 atom stereocenters. The van der Waals surface area contributed by atoms with Gasteiger partial charge in [-0.3, -0.25) is 9.59 Å². The molecule has 1 N–H and O–H groups in total. The maximum atomic E-state index is 13.1. The highest BCUT2D eigenvalue weighted by molar-refractivity contribution is 6.18. The smallest absolute Gasteiger partial charge is 0.348 e. The Bertz CT molecular complexity index is 1610. The fraction of sp³-hybridized carbons (Fsp3) is 0.0455. The van der Waals surface area contributed by atoms with Crippen molar-refractivity contribution in [2.75, 3.05) is 0 Å². The van der Waals surface area contributed by atoms with Crippen molar-refractivity contribution >= 4 is 49.6 Å². The minimum Gasteiger partial charge on any atom is -0.506 e. The van der Waals surface area contributed by atoms with Crippen LogP contribution in [0.4, 0.5) is 0 Å². The highest BCUT2D eigenvalue weighted by Crippen LogP contribution is 2.43. The molecule has 7 heteroatoms. The monoisotopic (exact) mass is 388 g/mol. The lowest BCUT2D eigenvalue weighted by Crippen LogP contribution is -2.11. The van der Waals surface area contributed by atoms with Crippen molar-refractivity contribution in [2.24, 2.45) is 0 Å². The third-order valence-electron chi connectivity index (χ3n) is 4.76. The molecule has 0 aliphatic heterocycles. The minimum absolute atomic E-state index is 0.0585. The largest absolute Gasteiger partial charge is 0.506 e. The highest BCUT2D eigenvalue weighted by atomic mass is 16.5. The van der Waals surface area contributed by atoms with Crippen LogP contribution in [0.1, 0.15) is 6.92 Å². The van der Waals surface area contributed by atoms with Crippen LogP contribution < -0.4 is 15.8 Å². The summed E-state index contributed by atoms with van der Waals surface area (Å²) >= 11 is 0. The SMILES string of the molecule is CC(=O)Oc1c2oc3ccccc3c(=O)c2c(O)c2c1c(=O)oc1ccccc12. The molecule has 0 bridgehead atoms. The van der Waals surface area contributed by atoms with Gasteiger partial charge < -0.3 is 18.7 Å². The number of ether oxygens (including phenoxy) is 1. The van der Waals surface area contributed by atoms with Crippen LogP contribution in [0.25, 0.3) is 43.7 Å². The standard InChI is InChI=1S/C22H12O7/c1-10(23)27-20-16-15(11-6-2-4-8-13(11)29-22(16)26)19(25)17-18(24)12-7-3-5-9-14(12)28-21(17)20/h2-9,25H,1H3. The van der Waals surface area contributed by atoms with Crippen molar-refractivity contribution in [2.45, 2.75) is 6.92 Å². The molecule has 0 spiro atoms. The first-order valence-electron chi connectivity index (χ1n) is 8.72. The van der Waals surface area contributed by atoms with Crippen LogP contribution in [-0.2, 0) is 4.79 Å². The quantitative estimate of drug-likeness (QED) is 0.153. The number of para-hydroxylation sites is 2. The zero-order chi connectivity index (χ0) is 20.3. The van der Waals surface area contributed by atoms with Crippen molar-refractivity contribution in [1.82, 2.24) is 0 Å². The zero-order valence-electron chi connectivity index (χ0n) is 15.0. The zero-order valence-corrected chi connectivity index (χ0v) is 15.0. The molecule has 0 amide bonds. The Morgan fingerprint density at radius 3 is 2.17 bits per heavy atom. The van der Waals surface area contributed by atoms with Crippen molar-refractivity contribution in [3.63, 3.8) is 0 Å². The molecule has 5 aromatic rings. The van der Waals surface area contributed by atoms with Crippen LogP contribution >= 0.6 is 0 Å². The maximum Gasteiger partial charge on any atom is 0.348 e.